The maximum Gasteiger partial charge on any atom is 0.129 e. The van der Waals surface area contributed by atoms with Crippen LogP contribution in [0.1, 0.15) is 12.0 Å². The minimum atomic E-state index is -0.469. The highest BCUT2D eigenvalue weighted by atomic mass is 79.9. The molecule has 0 spiro atoms. The summed E-state index contributed by atoms with van der Waals surface area (Å²) in [5, 5.41) is 0. The van der Waals surface area contributed by atoms with Crippen molar-refractivity contribution < 1.29 is 13.5 Å². The summed E-state index contributed by atoms with van der Waals surface area (Å²) in [5.41, 5.74) is 0.163. The third-order valence-electron chi connectivity index (χ3n) is 2.94. The number of alkyl halides is 1. The molecule has 2 atom stereocenters. The average molecular weight is 291 g/mol. The molecule has 1 aliphatic heterocycles. The fourth-order valence-electron chi connectivity index (χ4n) is 1.93. The van der Waals surface area contributed by atoms with Crippen molar-refractivity contribution in [2.75, 3.05) is 13.2 Å². The Hall–Kier alpha value is -0.480. The van der Waals surface area contributed by atoms with Crippen LogP contribution in [0.15, 0.2) is 18.2 Å². The van der Waals surface area contributed by atoms with Crippen LogP contribution in [0.3, 0.4) is 0 Å². The van der Waals surface area contributed by atoms with Crippen molar-refractivity contribution in [3.63, 3.8) is 0 Å². The molecule has 1 aromatic rings. The van der Waals surface area contributed by atoms with E-state index in [9.17, 15) is 8.78 Å². The Kier molecular flexibility index (Phi) is 3.92. The van der Waals surface area contributed by atoms with Gasteiger partial charge in [0.2, 0.25) is 0 Å². The molecule has 1 nitrogen and oxygen atoms in total. The van der Waals surface area contributed by atoms with Gasteiger partial charge in [0.25, 0.3) is 0 Å². The zero-order valence-corrected chi connectivity index (χ0v) is 10.3. The molecular weight excluding hydrogens is 278 g/mol. The molecule has 16 heavy (non-hydrogen) atoms. The van der Waals surface area contributed by atoms with Gasteiger partial charge in [-0.25, -0.2) is 8.78 Å². The molecule has 1 aromatic carbocycles. The van der Waals surface area contributed by atoms with E-state index in [1.54, 1.807) is 0 Å². The van der Waals surface area contributed by atoms with E-state index < -0.39 is 11.6 Å². The zero-order valence-electron chi connectivity index (χ0n) is 8.76. The first-order chi connectivity index (χ1) is 7.68. The molecule has 0 saturated carbocycles. The molecule has 0 amide bonds. The fourth-order valence-corrected chi connectivity index (χ4v) is 2.67. The van der Waals surface area contributed by atoms with Gasteiger partial charge in [0, 0.05) is 17.0 Å². The van der Waals surface area contributed by atoms with Crippen molar-refractivity contribution in [3.8, 4) is 0 Å². The van der Waals surface area contributed by atoms with E-state index in [4.69, 9.17) is 4.74 Å². The summed E-state index contributed by atoms with van der Waals surface area (Å²) in [7, 11) is 0. The van der Waals surface area contributed by atoms with E-state index in [1.165, 1.54) is 18.2 Å². The van der Waals surface area contributed by atoms with Crippen LogP contribution >= 0.6 is 15.9 Å². The summed E-state index contributed by atoms with van der Waals surface area (Å²) in [6, 6.07) is 3.97. The normalized spacial score (nSPS) is 22.3. The molecular formula is C12H13BrF2O. The number of ether oxygens (including phenoxy) is 1. The molecule has 1 aliphatic rings. The Balaban J connectivity index is 2.07. The molecule has 2 unspecified atom stereocenters. The van der Waals surface area contributed by atoms with Gasteiger partial charge in [-0.15, -0.1) is 0 Å². The van der Waals surface area contributed by atoms with Crippen LogP contribution in [0.25, 0.3) is 0 Å². The smallest absolute Gasteiger partial charge is 0.129 e. The number of hydrogen-bond acceptors (Lipinski definition) is 1. The second-order valence-electron chi connectivity index (χ2n) is 4.04. The highest BCUT2D eigenvalue weighted by Crippen LogP contribution is 2.27. The van der Waals surface area contributed by atoms with E-state index in [-0.39, 0.29) is 10.4 Å². The maximum absolute atomic E-state index is 13.4. The van der Waals surface area contributed by atoms with Crippen molar-refractivity contribution in [1.29, 1.82) is 0 Å². The Morgan fingerprint density at radius 3 is 2.62 bits per heavy atom. The molecule has 0 aromatic heterocycles. The monoisotopic (exact) mass is 290 g/mol. The van der Waals surface area contributed by atoms with Gasteiger partial charge >= 0.3 is 0 Å². The summed E-state index contributed by atoms with van der Waals surface area (Å²) in [5.74, 6) is -0.592. The van der Waals surface area contributed by atoms with Crippen molar-refractivity contribution in [1.82, 2.24) is 0 Å². The first-order valence-corrected chi connectivity index (χ1v) is 6.24. The quantitative estimate of drug-likeness (QED) is 0.776. The van der Waals surface area contributed by atoms with Gasteiger partial charge in [0.1, 0.15) is 11.6 Å². The van der Waals surface area contributed by atoms with Crippen molar-refractivity contribution >= 4 is 15.9 Å². The highest BCUT2D eigenvalue weighted by molar-refractivity contribution is 9.09. The van der Waals surface area contributed by atoms with Crippen molar-refractivity contribution in [2.45, 2.75) is 17.7 Å². The molecule has 88 valence electrons. The number of hydrogen-bond donors (Lipinski definition) is 0. The van der Waals surface area contributed by atoms with Gasteiger partial charge in [-0.05, 0) is 30.9 Å². The lowest BCUT2D eigenvalue weighted by Gasteiger charge is -2.16. The van der Waals surface area contributed by atoms with Crippen LogP contribution in [0.5, 0.6) is 0 Å². The molecule has 0 aliphatic carbocycles. The summed E-state index contributed by atoms with van der Waals surface area (Å²) in [6.45, 7) is 1.42. The lowest BCUT2D eigenvalue weighted by Crippen LogP contribution is -2.18. The first-order valence-electron chi connectivity index (χ1n) is 5.33. The van der Waals surface area contributed by atoms with E-state index in [0.717, 1.165) is 13.0 Å². The lowest BCUT2D eigenvalue weighted by atomic mass is 9.98. The predicted octanol–water partition coefficient (Wildman–Crippen LogP) is 3.31. The fraction of sp³-hybridized carbons (Fsp3) is 0.500. The van der Waals surface area contributed by atoms with Gasteiger partial charge in [-0.1, -0.05) is 22.0 Å². The van der Waals surface area contributed by atoms with Crippen LogP contribution in [-0.2, 0) is 11.2 Å². The lowest BCUT2D eigenvalue weighted by molar-refractivity contribution is 0.185. The molecule has 1 saturated heterocycles. The summed E-state index contributed by atoms with van der Waals surface area (Å²) in [6.07, 6.45) is 1.32. The third-order valence-corrected chi connectivity index (χ3v) is 4.01. The van der Waals surface area contributed by atoms with Crippen molar-refractivity contribution in [3.05, 3.63) is 35.4 Å². The summed E-state index contributed by atoms with van der Waals surface area (Å²) in [4.78, 5) is 0.0707. The molecule has 2 rings (SSSR count). The van der Waals surface area contributed by atoms with E-state index >= 15 is 0 Å². The van der Waals surface area contributed by atoms with Gasteiger partial charge in [0.05, 0.1) is 6.61 Å². The standard InChI is InChI=1S/C12H13BrF2O/c13-10(8-4-5-16-7-8)6-9-11(14)2-1-3-12(9)15/h1-3,8,10H,4-7H2. The van der Waals surface area contributed by atoms with Gasteiger partial charge in [-0.2, -0.15) is 0 Å². The Bertz CT molecular complexity index is 344. The van der Waals surface area contributed by atoms with Crippen LogP contribution in [0, 0.1) is 17.6 Å². The second kappa shape index (κ2) is 5.23. The summed E-state index contributed by atoms with van der Waals surface area (Å²) >= 11 is 3.50. The average Bonchev–Trinajstić information content (AvgIpc) is 2.76. The largest absolute Gasteiger partial charge is 0.381 e. The summed E-state index contributed by atoms with van der Waals surface area (Å²) < 4.78 is 32.1. The minimum Gasteiger partial charge on any atom is -0.381 e. The molecule has 4 heteroatoms. The minimum absolute atomic E-state index is 0.0707. The molecule has 0 radical (unpaired) electrons. The second-order valence-corrected chi connectivity index (χ2v) is 5.22. The first kappa shape index (κ1) is 12.0. The Labute approximate surface area is 102 Å². The van der Waals surface area contributed by atoms with Crippen molar-refractivity contribution in [2.24, 2.45) is 5.92 Å². The Morgan fingerprint density at radius 2 is 2.06 bits per heavy atom. The van der Waals surface area contributed by atoms with Crippen LogP contribution < -0.4 is 0 Å². The predicted molar refractivity (Wildman–Crippen MR) is 61.7 cm³/mol. The maximum atomic E-state index is 13.4. The van der Waals surface area contributed by atoms with Crippen LogP contribution in [0.2, 0.25) is 0 Å². The van der Waals surface area contributed by atoms with E-state index in [1.807, 2.05) is 0 Å². The number of rotatable bonds is 3. The third kappa shape index (κ3) is 2.61. The zero-order chi connectivity index (χ0) is 11.5. The SMILES string of the molecule is Fc1cccc(F)c1CC(Br)C1CCOC1. The van der Waals surface area contributed by atoms with E-state index in [2.05, 4.69) is 15.9 Å². The van der Waals surface area contributed by atoms with Gasteiger partial charge in [-0.3, -0.25) is 0 Å². The Morgan fingerprint density at radius 1 is 1.38 bits per heavy atom. The topological polar surface area (TPSA) is 9.23 Å². The molecule has 1 fully saturated rings. The van der Waals surface area contributed by atoms with Gasteiger partial charge in [0.15, 0.2) is 0 Å². The van der Waals surface area contributed by atoms with E-state index in [0.29, 0.717) is 18.9 Å². The van der Waals surface area contributed by atoms with Crippen LogP contribution in [-0.4, -0.2) is 18.0 Å². The molecule has 0 bridgehead atoms. The number of benzene rings is 1. The molecule has 1 heterocycles. The van der Waals surface area contributed by atoms with Gasteiger partial charge < -0.3 is 4.74 Å². The highest BCUT2D eigenvalue weighted by Gasteiger charge is 2.25. The molecule has 0 N–H and O–H groups in total. The number of halogens is 3. The van der Waals surface area contributed by atoms with Crippen LogP contribution in [0.4, 0.5) is 8.78 Å².